The van der Waals surface area contributed by atoms with Crippen LogP contribution in [0.1, 0.15) is 43.0 Å². The van der Waals surface area contributed by atoms with Crippen LogP contribution >= 0.6 is 0 Å². The second-order valence-electron chi connectivity index (χ2n) is 7.76. The highest BCUT2D eigenvalue weighted by molar-refractivity contribution is 5.85. The number of H-pyrrole nitrogens is 1. The van der Waals surface area contributed by atoms with E-state index in [9.17, 15) is 10.2 Å². The summed E-state index contributed by atoms with van der Waals surface area (Å²) in [6.45, 7) is 2.22. The molecule has 1 spiro atoms. The minimum absolute atomic E-state index is 0.0210. The molecule has 4 heteroatoms. The lowest BCUT2D eigenvalue weighted by Gasteiger charge is -2.50. The summed E-state index contributed by atoms with van der Waals surface area (Å²) in [5.41, 5.74) is 4.05. The van der Waals surface area contributed by atoms with Crippen molar-refractivity contribution in [1.29, 1.82) is 0 Å². The van der Waals surface area contributed by atoms with Crippen molar-refractivity contribution in [1.82, 2.24) is 9.88 Å². The molecule has 1 aliphatic carbocycles. The number of benzene rings is 1. The van der Waals surface area contributed by atoms with Gasteiger partial charge in [-0.15, -0.1) is 0 Å². The van der Waals surface area contributed by atoms with Crippen molar-refractivity contribution in [3.8, 4) is 0 Å². The fourth-order valence-electron chi connectivity index (χ4n) is 5.61. The Bertz CT molecular complexity index is 743. The first-order valence-corrected chi connectivity index (χ1v) is 8.88. The molecule has 2 aromatic rings. The molecule has 4 nitrogen and oxygen atoms in total. The van der Waals surface area contributed by atoms with E-state index in [1.54, 1.807) is 0 Å². The summed E-state index contributed by atoms with van der Waals surface area (Å²) in [7, 11) is 0. The first-order chi connectivity index (χ1) is 11.2. The molecule has 1 aromatic carbocycles. The van der Waals surface area contributed by atoms with E-state index in [0.717, 1.165) is 38.8 Å². The Hall–Kier alpha value is -1.36. The zero-order valence-electron chi connectivity index (χ0n) is 13.3. The van der Waals surface area contributed by atoms with Crippen molar-refractivity contribution in [3.05, 3.63) is 35.5 Å². The van der Waals surface area contributed by atoms with E-state index in [-0.39, 0.29) is 5.41 Å². The van der Waals surface area contributed by atoms with Crippen molar-refractivity contribution in [2.75, 3.05) is 13.1 Å². The zero-order valence-corrected chi connectivity index (χ0v) is 13.3. The van der Waals surface area contributed by atoms with Gasteiger partial charge in [0.25, 0.3) is 0 Å². The molecule has 0 bridgehead atoms. The van der Waals surface area contributed by atoms with Gasteiger partial charge in [-0.2, -0.15) is 0 Å². The van der Waals surface area contributed by atoms with Gasteiger partial charge in [0.1, 0.15) is 0 Å². The Kier molecular flexibility index (Phi) is 2.94. The molecule has 0 amide bonds. The maximum absolute atomic E-state index is 10.2. The van der Waals surface area contributed by atoms with Crippen molar-refractivity contribution < 1.29 is 10.2 Å². The number of aliphatic hydroxyl groups excluding tert-OH is 2. The lowest BCUT2D eigenvalue weighted by molar-refractivity contribution is -0.00366. The molecular formula is C19H24N2O2. The van der Waals surface area contributed by atoms with E-state index in [1.165, 1.54) is 28.6 Å². The van der Waals surface area contributed by atoms with Crippen molar-refractivity contribution in [2.45, 2.75) is 50.4 Å². The maximum atomic E-state index is 10.2. The number of para-hydroxylation sites is 1. The van der Waals surface area contributed by atoms with E-state index in [2.05, 4.69) is 34.1 Å². The van der Waals surface area contributed by atoms with E-state index >= 15 is 0 Å². The summed E-state index contributed by atoms with van der Waals surface area (Å²) < 4.78 is 0. The predicted molar refractivity (Wildman–Crippen MR) is 89.2 cm³/mol. The number of rotatable bonds is 0. The highest BCUT2D eigenvalue weighted by Crippen LogP contribution is 2.57. The van der Waals surface area contributed by atoms with Crippen LogP contribution in [-0.2, 0) is 6.42 Å². The van der Waals surface area contributed by atoms with Crippen LogP contribution in [0, 0.1) is 5.41 Å². The van der Waals surface area contributed by atoms with Crippen LogP contribution in [0.15, 0.2) is 24.3 Å². The summed E-state index contributed by atoms with van der Waals surface area (Å²) in [5, 5.41) is 21.8. The maximum Gasteiger partial charge on any atom is 0.0805 e. The van der Waals surface area contributed by atoms with E-state index in [4.69, 9.17) is 0 Å². The Balaban J connectivity index is 1.67. The van der Waals surface area contributed by atoms with Gasteiger partial charge in [-0.25, -0.2) is 0 Å². The Morgan fingerprint density at radius 3 is 2.70 bits per heavy atom. The molecular weight excluding hydrogens is 288 g/mol. The number of hydrogen-bond acceptors (Lipinski definition) is 3. The molecule has 2 fully saturated rings. The molecule has 23 heavy (non-hydrogen) atoms. The van der Waals surface area contributed by atoms with Crippen LogP contribution in [0.25, 0.3) is 10.9 Å². The first-order valence-electron chi connectivity index (χ1n) is 8.88. The molecule has 1 saturated heterocycles. The van der Waals surface area contributed by atoms with Gasteiger partial charge in [0, 0.05) is 23.1 Å². The predicted octanol–water partition coefficient (Wildman–Crippen LogP) is 2.36. The molecule has 3 atom stereocenters. The van der Waals surface area contributed by atoms with Gasteiger partial charge < -0.3 is 15.2 Å². The lowest BCUT2D eigenvalue weighted by atomic mass is 9.68. The third-order valence-corrected chi connectivity index (χ3v) is 6.51. The van der Waals surface area contributed by atoms with Gasteiger partial charge in [-0.3, -0.25) is 4.90 Å². The van der Waals surface area contributed by atoms with Gasteiger partial charge in [0.05, 0.1) is 18.2 Å². The van der Waals surface area contributed by atoms with E-state index < -0.39 is 12.2 Å². The van der Waals surface area contributed by atoms with Crippen molar-refractivity contribution >= 4 is 10.9 Å². The number of aromatic nitrogens is 1. The van der Waals surface area contributed by atoms with Gasteiger partial charge in [-0.1, -0.05) is 18.2 Å². The van der Waals surface area contributed by atoms with Crippen LogP contribution in [0.5, 0.6) is 0 Å². The minimum Gasteiger partial charge on any atom is -0.390 e. The second-order valence-corrected chi connectivity index (χ2v) is 7.76. The molecule has 3 unspecified atom stereocenters. The molecule has 3 aliphatic rings. The SMILES string of the molecule is OC1CC2(CCCN3CCc4c([nH]c5ccccc45)C32)CC1O. The van der Waals surface area contributed by atoms with Gasteiger partial charge in [0.15, 0.2) is 0 Å². The second kappa shape index (κ2) is 4.82. The normalized spacial score (nSPS) is 37.2. The summed E-state index contributed by atoms with van der Waals surface area (Å²) >= 11 is 0. The smallest absolute Gasteiger partial charge is 0.0805 e. The van der Waals surface area contributed by atoms with Crippen LogP contribution in [0.3, 0.4) is 0 Å². The number of piperidine rings is 1. The zero-order chi connectivity index (χ0) is 15.6. The van der Waals surface area contributed by atoms with Gasteiger partial charge >= 0.3 is 0 Å². The summed E-state index contributed by atoms with van der Waals surface area (Å²) in [5.74, 6) is 0. The third-order valence-electron chi connectivity index (χ3n) is 6.51. The highest BCUT2D eigenvalue weighted by Gasteiger charge is 2.54. The molecule has 1 saturated carbocycles. The number of fused-ring (bicyclic) bond motifs is 6. The Labute approximate surface area is 136 Å². The Morgan fingerprint density at radius 1 is 1.09 bits per heavy atom. The molecule has 122 valence electrons. The van der Waals surface area contributed by atoms with Gasteiger partial charge in [-0.05, 0) is 55.7 Å². The number of nitrogens with zero attached hydrogens (tertiary/aromatic N) is 1. The fraction of sp³-hybridized carbons (Fsp3) is 0.579. The summed E-state index contributed by atoms with van der Waals surface area (Å²) in [4.78, 5) is 6.28. The average molecular weight is 312 g/mol. The van der Waals surface area contributed by atoms with Crippen molar-refractivity contribution in [2.24, 2.45) is 5.41 Å². The average Bonchev–Trinajstić information content (AvgIpc) is 3.05. The topological polar surface area (TPSA) is 59.5 Å². The Morgan fingerprint density at radius 2 is 1.87 bits per heavy atom. The van der Waals surface area contributed by atoms with Crippen LogP contribution in [0.4, 0.5) is 0 Å². The standard InChI is InChI=1S/C19H24N2O2/c22-15-10-19(11-16(15)23)7-3-8-21-9-6-13-12-4-1-2-5-14(12)20-17(13)18(19)21/h1-2,4-5,15-16,18,20,22-23H,3,6-11H2. The molecule has 0 radical (unpaired) electrons. The number of aliphatic hydroxyl groups is 2. The van der Waals surface area contributed by atoms with Crippen LogP contribution in [-0.4, -0.2) is 45.4 Å². The van der Waals surface area contributed by atoms with Gasteiger partial charge in [0.2, 0.25) is 0 Å². The lowest BCUT2D eigenvalue weighted by Crippen LogP contribution is -2.48. The van der Waals surface area contributed by atoms with Crippen LogP contribution < -0.4 is 0 Å². The number of aromatic amines is 1. The summed E-state index contributed by atoms with van der Waals surface area (Å²) in [6.07, 6.45) is 3.70. The fourth-order valence-corrected chi connectivity index (χ4v) is 5.61. The number of hydrogen-bond donors (Lipinski definition) is 3. The van der Waals surface area contributed by atoms with Crippen molar-refractivity contribution in [3.63, 3.8) is 0 Å². The highest BCUT2D eigenvalue weighted by atomic mass is 16.3. The molecule has 5 rings (SSSR count). The molecule has 3 N–H and O–H groups in total. The van der Waals surface area contributed by atoms with E-state index in [1.807, 2.05) is 0 Å². The monoisotopic (exact) mass is 312 g/mol. The van der Waals surface area contributed by atoms with Crippen LogP contribution in [0.2, 0.25) is 0 Å². The number of nitrogens with one attached hydrogen (secondary N) is 1. The quantitative estimate of drug-likeness (QED) is 0.700. The first kappa shape index (κ1) is 14.0. The molecule has 2 aliphatic heterocycles. The summed E-state index contributed by atoms with van der Waals surface area (Å²) in [6, 6.07) is 8.89. The molecule has 1 aromatic heterocycles. The van der Waals surface area contributed by atoms with E-state index in [0.29, 0.717) is 6.04 Å². The largest absolute Gasteiger partial charge is 0.390 e. The molecule has 3 heterocycles. The minimum atomic E-state index is -0.565. The third kappa shape index (κ3) is 1.89.